The number of benzene rings is 2. The van der Waals surface area contributed by atoms with Crippen LogP contribution in [0.5, 0.6) is 5.75 Å². The van der Waals surface area contributed by atoms with Gasteiger partial charge in [0.2, 0.25) is 11.8 Å². The van der Waals surface area contributed by atoms with E-state index >= 15 is 0 Å². The van der Waals surface area contributed by atoms with E-state index in [1.54, 1.807) is 29.2 Å². The Bertz CT molecular complexity index is 870. The maximum atomic E-state index is 12.8. The number of likely N-dealkylation sites (tertiary alicyclic amines) is 1. The predicted octanol–water partition coefficient (Wildman–Crippen LogP) is 3.62. The second-order valence-electron chi connectivity index (χ2n) is 8.02. The summed E-state index contributed by atoms with van der Waals surface area (Å²) in [4.78, 5) is 26.4. The van der Waals surface area contributed by atoms with Crippen molar-refractivity contribution < 1.29 is 14.3 Å². The molecule has 1 aliphatic rings. The van der Waals surface area contributed by atoms with Crippen LogP contribution in [0.15, 0.2) is 48.5 Å². The number of nitrogens with two attached hydrogens (primary N) is 1. The summed E-state index contributed by atoms with van der Waals surface area (Å²) in [5.74, 6) is 0.283. The van der Waals surface area contributed by atoms with Gasteiger partial charge in [0.15, 0.2) is 0 Å². The van der Waals surface area contributed by atoms with Crippen LogP contribution in [0.3, 0.4) is 0 Å². The predicted molar refractivity (Wildman–Crippen MR) is 119 cm³/mol. The van der Waals surface area contributed by atoms with Gasteiger partial charge in [0, 0.05) is 35.6 Å². The molecule has 0 unspecified atom stereocenters. The molecule has 1 atom stereocenters. The highest BCUT2D eigenvalue weighted by molar-refractivity contribution is 6.30. The number of ether oxygens (including phenoxy) is 1. The quantitative estimate of drug-likeness (QED) is 0.671. The Morgan fingerprint density at radius 2 is 1.87 bits per heavy atom. The molecule has 3 N–H and O–H groups in total. The minimum absolute atomic E-state index is 0.00406. The van der Waals surface area contributed by atoms with Gasteiger partial charge < -0.3 is 20.7 Å². The van der Waals surface area contributed by atoms with Gasteiger partial charge in [0.25, 0.3) is 0 Å². The van der Waals surface area contributed by atoms with Gasteiger partial charge in [-0.05, 0) is 56.2 Å². The first kappa shape index (κ1) is 22.0. The fraction of sp³-hybridized carbons (Fsp3) is 0.391. The molecule has 1 aliphatic heterocycles. The summed E-state index contributed by atoms with van der Waals surface area (Å²) in [6.45, 7) is 3.64. The van der Waals surface area contributed by atoms with E-state index in [0.717, 1.165) is 18.5 Å². The number of nitrogens with zero attached hydrogens (tertiary/aromatic N) is 1. The molecule has 3 rings (SSSR count). The zero-order chi connectivity index (χ0) is 21.6. The summed E-state index contributed by atoms with van der Waals surface area (Å²) in [6, 6.07) is 15.0. The van der Waals surface area contributed by atoms with E-state index in [1.165, 1.54) is 5.56 Å². The fourth-order valence-electron chi connectivity index (χ4n) is 3.83. The van der Waals surface area contributed by atoms with Crippen LogP contribution in [-0.4, -0.2) is 43.0 Å². The largest absolute Gasteiger partial charge is 0.493 e. The van der Waals surface area contributed by atoms with Crippen LogP contribution in [0, 0.1) is 12.3 Å². The number of hydrogen-bond donors (Lipinski definition) is 2. The monoisotopic (exact) mass is 429 g/mol. The second-order valence-corrected chi connectivity index (χ2v) is 8.46. The lowest BCUT2D eigenvalue weighted by atomic mass is 9.77. The first-order chi connectivity index (χ1) is 14.3. The Labute approximate surface area is 182 Å². The Balaban J connectivity index is 1.63. The van der Waals surface area contributed by atoms with Gasteiger partial charge in [-0.25, -0.2) is 0 Å². The summed E-state index contributed by atoms with van der Waals surface area (Å²) >= 11 is 5.93. The highest BCUT2D eigenvalue weighted by Gasteiger charge is 2.39. The van der Waals surface area contributed by atoms with Crippen molar-refractivity contribution in [1.29, 1.82) is 0 Å². The van der Waals surface area contributed by atoms with Crippen molar-refractivity contribution in [1.82, 2.24) is 4.90 Å². The third-order valence-corrected chi connectivity index (χ3v) is 5.67. The number of carbonyl (C=O) groups excluding carboxylic acids is 2. The number of amides is 2. The lowest BCUT2D eigenvalue weighted by Gasteiger charge is -2.42. The molecule has 2 aromatic carbocycles. The van der Waals surface area contributed by atoms with Gasteiger partial charge in [0.1, 0.15) is 5.75 Å². The van der Waals surface area contributed by atoms with Crippen molar-refractivity contribution in [2.75, 3.05) is 31.6 Å². The molecule has 7 heteroatoms. The third kappa shape index (κ3) is 6.13. The van der Waals surface area contributed by atoms with Crippen molar-refractivity contribution in [3.8, 4) is 5.75 Å². The Kier molecular flexibility index (Phi) is 7.21. The van der Waals surface area contributed by atoms with Gasteiger partial charge in [0.05, 0.1) is 13.2 Å². The van der Waals surface area contributed by atoms with Crippen LogP contribution in [0.4, 0.5) is 5.69 Å². The zero-order valence-electron chi connectivity index (χ0n) is 17.2. The third-order valence-electron chi connectivity index (χ3n) is 5.42. The van der Waals surface area contributed by atoms with Gasteiger partial charge in [-0.15, -0.1) is 0 Å². The van der Waals surface area contributed by atoms with Crippen LogP contribution >= 0.6 is 11.6 Å². The molecule has 1 heterocycles. The van der Waals surface area contributed by atoms with Crippen LogP contribution in [-0.2, 0) is 9.59 Å². The smallest absolute Gasteiger partial charge is 0.241 e. The molecule has 0 aliphatic carbocycles. The molecule has 0 bridgehead atoms. The Morgan fingerprint density at radius 3 is 2.53 bits per heavy atom. The van der Waals surface area contributed by atoms with Crippen molar-refractivity contribution >= 4 is 29.1 Å². The maximum Gasteiger partial charge on any atom is 0.241 e. The molecule has 1 saturated heterocycles. The van der Waals surface area contributed by atoms with E-state index in [9.17, 15) is 9.59 Å². The molecule has 6 nitrogen and oxygen atoms in total. The SMILES string of the molecule is Cc1ccc(NCC(=O)N2CCC[C@@](COc3ccc(Cl)cc3)(CC(N)=O)C2)cc1. The van der Waals surface area contributed by atoms with E-state index in [-0.39, 0.29) is 24.8 Å². The first-order valence-corrected chi connectivity index (χ1v) is 10.5. The summed E-state index contributed by atoms with van der Waals surface area (Å²) < 4.78 is 5.95. The molecule has 30 heavy (non-hydrogen) atoms. The number of primary amides is 1. The summed E-state index contributed by atoms with van der Waals surface area (Å²) in [6.07, 6.45) is 1.75. The molecular weight excluding hydrogens is 402 g/mol. The van der Waals surface area contributed by atoms with Crippen molar-refractivity contribution in [3.63, 3.8) is 0 Å². The van der Waals surface area contributed by atoms with Crippen LogP contribution < -0.4 is 15.8 Å². The van der Waals surface area contributed by atoms with E-state index < -0.39 is 5.41 Å². The van der Waals surface area contributed by atoms with Crippen molar-refractivity contribution in [3.05, 3.63) is 59.1 Å². The van der Waals surface area contributed by atoms with Gasteiger partial charge in [-0.1, -0.05) is 29.3 Å². The van der Waals surface area contributed by atoms with Crippen LogP contribution in [0.1, 0.15) is 24.8 Å². The second kappa shape index (κ2) is 9.85. The maximum absolute atomic E-state index is 12.8. The fourth-order valence-corrected chi connectivity index (χ4v) is 3.96. The molecule has 2 amide bonds. The average Bonchev–Trinajstić information content (AvgIpc) is 2.72. The van der Waals surface area contributed by atoms with Gasteiger partial charge >= 0.3 is 0 Å². The normalized spacial score (nSPS) is 18.7. The highest BCUT2D eigenvalue weighted by Crippen LogP contribution is 2.34. The zero-order valence-corrected chi connectivity index (χ0v) is 18.0. The van der Waals surface area contributed by atoms with E-state index in [4.69, 9.17) is 22.1 Å². The molecule has 0 spiro atoms. The molecule has 160 valence electrons. The number of piperidine rings is 1. The average molecular weight is 430 g/mol. The lowest BCUT2D eigenvalue weighted by molar-refractivity contribution is -0.135. The van der Waals surface area contributed by atoms with E-state index in [0.29, 0.717) is 30.5 Å². The topological polar surface area (TPSA) is 84.7 Å². The van der Waals surface area contributed by atoms with Crippen LogP contribution in [0.25, 0.3) is 0 Å². The minimum atomic E-state index is -0.497. The molecule has 0 radical (unpaired) electrons. The number of aryl methyl sites for hydroxylation is 1. The van der Waals surface area contributed by atoms with Crippen molar-refractivity contribution in [2.45, 2.75) is 26.2 Å². The van der Waals surface area contributed by atoms with E-state index in [2.05, 4.69) is 5.32 Å². The number of halogens is 1. The van der Waals surface area contributed by atoms with Gasteiger partial charge in [-0.3, -0.25) is 9.59 Å². The molecule has 0 aromatic heterocycles. The molecular formula is C23H28ClN3O3. The number of nitrogens with one attached hydrogen (secondary N) is 1. The molecule has 1 fully saturated rings. The minimum Gasteiger partial charge on any atom is -0.493 e. The Hall–Kier alpha value is -2.73. The molecule has 0 saturated carbocycles. The number of hydrogen-bond acceptors (Lipinski definition) is 4. The van der Waals surface area contributed by atoms with E-state index in [1.807, 2.05) is 31.2 Å². The summed E-state index contributed by atoms with van der Waals surface area (Å²) in [5.41, 5.74) is 7.11. The summed E-state index contributed by atoms with van der Waals surface area (Å²) in [7, 11) is 0. The molecule has 2 aromatic rings. The summed E-state index contributed by atoms with van der Waals surface area (Å²) in [5, 5.41) is 3.80. The standard InChI is InChI=1S/C23H28ClN3O3/c1-17-3-7-19(8-4-17)26-14-22(29)27-12-2-11-23(15-27,13-21(25)28)16-30-20-9-5-18(24)6-10-20/h3-10,26H,2,11-16H2,1H3,(H2,25,28)/t23-/m1/s1. The number of rotatable bonds is 8. The Morgan fingerprint density at radius 1 is 1.17 bits per heavy atom. The van der Waals surface area contributed by atoms with Crippen LogP contribution in [0.2, 0.25) is 5.02 Å². The highest BCUT2D eigenvalue weighted by atomic mass is 35.5. The lowest BCUT2D eigenvalue weighted by Crippen LogP contribution is -2.51. The van der Waals surface area contributed by atoms with Crippen molar-refractivity contribution in [2.24, 2.45) is 11.1 Å². The number of anilines is 1. The number of carbonyl (C=O) groups is 2. The van der Waals surface area contributed by atoms with Gasteiger partial charge in [-0.2, -0.15) is 0 Å². The first-order valence-electron chi connectivity index (χ1n) is 10.1.